The van der Waals surface area contributed by atoms with Gasteiger partial charge in [-0.3, -0.25) is 10.6 Å². The Morgan fingerprint density at radius 1 is 0.571 bits per heavy atom. The Morgan fingerprint density at radius 2 is 0.971 bits per heavy atom. The van der Waals surface area contributed by atoms with Gasteiger partial charge in [0, 0.05) is 11.4 Å². The molecule has 8 heteroatoms. The van der Waals surface area contributed by atoms with E-state index in [9.17, 15) is 9.59 Å². The maximum atomic E-state index is 11.9. The highest BCUT2D eigenvalue weighted by molar-refractivity contribution is 5.85. The average molecular weight is 487 g/mol. The molecular formula is C27H38N2O6. The van der Waals surface area contributed by atoms with Gasteiger partial charge in [-0.15, -0.1) is 0 Å². The highest BCUT2D eigenvalue weighted by Crippen LogP contribution is 2.17. The van der Waals surface area contributed by atoms with E-state index in [1.165, 1.54) is 0 Å². The molecule has 0 saturated carbocycles. The molecule has 0 aromatic heterocycles. The second-order valence-electron chi connectivity index (χ2n) is 8.04. The summed E-state index contributed by atoms with van der Waals surface area (Å²) in [6, 6.07) is 14.4. The number of carbonyl (C=O) groups is 2. The van der Waals surface area contributed by atoms with Gasteiger partial charge < -0.3 is 18.9 Å². The van der Waals surface area contributed by atoms with Crippen LogP contribution in [-0.4, -0.2) is 38.6 Å². The van der Waals surface area contributed by atoms with Crippen LogP contribution in [0.4, 0.5) is 21.0 Å². The number of rotatable bonds is 16. The summed E-state index contributed by atoms with van der Waals surface area (Å²) < 4.78 is 21.6. The lowest BCUT2D eigenvalue weighted by Gasteiger charge is -2.09. The summed E-state index contributed by atoms with van der Waals surface area (Å²) in [6.07, 6.45) is 5.32. The number of unbranched alkanes of at least 4 members (excludes halogenated alkanes) is 4. The molecule has 0 aliphatic carbocycles. The van der Waals surface area contributed by atoms with Crippen LogP contribution in [-0.2, 0) is 9.47 Å². The number of hydrogen-bond acceptors (Lipinski definition) is 6. The van der Waals surface area contributed by atoms with Crippen LogP contribution in [0.5, 0.6) is 11.5 Å². The summed E-state index contributed by atoms with van der Waals surface area (Å²) in [5.74, 6) is 1.55. The van der Waals surface area contributed by atoms with Gasteiger partial charge in [-0.05, 0) is 80.6 Å². The fourth-order valence-electron chi connectivity index (χ4n) is 2.96. The van der Waals surface area contributed by atoms with Crippen molar-refractivity contribution in [2.75, 3.05) is 37.1 Å². The summed E-state index contributed by atoms with van der Waals surface area (Å²) in [7, 11) is 0. The number of carbonyl (C=O) groups excluding carboxylic acids is 2. The lowest BCUT2D eigenvalue weighted by Crippen LogP contribution is -2.15. The van der Waals surface area contributed by atoms with E-state index in [4.69, 9.17) is 18.9 Å². The van der Waals surface area contributed by atoms with Crippen molar-refractivity contribution in [3.05, 3.63) is 48.5 Å². The molecule has 2 amide bonds. The van der Waals surface area contributed by atoms with E-state index in [0.717, 1.165) is 43.6 Å². The van der Waals surface area contributed by atoms with Crippen LogP contribution >= 0.6 is 0 Å². The number of anilines is 2. The number of ether oxygens (including phenoxy) is 4. The standard InChI is InChI=1S/C27H38N2O6/c1-3-5-18-32-24-14-10-22(11-15-24)28-26(30)34-20-8-7-9-21-35-27(31)29-23-12-16-25(17-13-23)33-19-6-4-2/h10-17H,3-9,18-21H2,1-2H3,(H,28,30)(H,29,31). The molecule has 0 bridgehead atoms. The third-order valence-corrected chi connectivity index (χ3v) is 4.99. The van der Waals surface area contributed by atoms with Crippen molar-refractivity contribution in [1.82, 2.24) is 0 Å². The average Bonchev–Trinajstić information content (AvgIpc) is 2.86. The Balaban J connectivity index is 1.49. The van der Waals surface area contributed by atoms with Gasteiger partial charge >= 0.3 is 12.2 Å². The van der Waals surface area contributed by atoms with Crippen LogP contribution < -0.4 is 20.1 Å². The molecule has 192 valence electrons. The zero-order valence-corrected chi connectivity index (χ0v) is 20.8. The van der Waals surface area contributed by atoms with Crippen LogP contribution in [0.25, 0.3) is 0 Å². The van der Waals surface area contributed by atoms with Gasteiger partial charge in [0.05, 0.1) is 26.4 Å². The number of hydrogen-bond donors (Lipinski definition) is 2. The smallest absolute Gasteiger partial charge is 0.411 e. The molecule has 0 aliphatic rings. The maximum absolute atomic E-state index is 11.9. The largest absolute Gasteiger partial charge is 0.494 e. The molecule has 0 spiro atoms. The van der Waals surface area contributed by atoms with E-state index in [0.29, 0.717) is 50.6 Å². The van der Waals surface area contributed by atoms with Crippen molar-refractivity contribution >= 4 is 23.6 Å². The summed E-state index contributed by atoms with van der Waals surface area (Å²) >= 11 is 0. The first kappa shape index (κ1) is 27.8. The van der Waals surface area contributed by atoms with E-state index in [1.807, 2.05) is 24.3 Å². The summed E-state index contributed by atoms with van der Waals surface area (Å²) in [4.78, 5) is 23.8. The van der Waals surface area contributed by atoms with Gasteiger partial charge in [-0.2, -0.15) is 0 Å². The van der Waals surface area contributed by atoms with Crippen LogP contribution in [0.15, 0.2) is 48.5 Å². The summed E-state index contributed by atoms with van der Waals surface area (Å²) in [6.45, 7) is 6.18. The first-order valence-corrected chi connectivity index (χ1v) is 12.4. The van der Waals surface area contributed by atoms with Crippen LogP contribution in [0.3, 0.4) is 0 Å². The van der Waals surface area contributed by atoms with Crippen molar-refractivity contribution in [2.45, 2.75) is 58.8 Å². The number of benzene rings is 2. The minimum atomic E-state index is -0.498. The van der Waals surface area contributed by atoms with Gasteiger partial charge in [0.1, 0.15) is 11.5 Å². The molecular weight excluding hydrogens is 448 g/mol. The molecule has 35 heavy (non-hydrogen) atoms. The van der Waals surface area contributed by atoms with Crippen LogP contribution in [0, 0.1) is 0 Å². The van der Waals surface area contributed by atoms with Crippen molar-refractivity contribution < 1.29 is 28.5 Å². The van der Waals surface area contributed by atoms with Gasteiger partial charge in [-0.1, -0.05) is 26.7 Å². The van der Waals surface area contributed by atoms with Crippen molar-refractivity contribution in [2.24, 2.45) is 0 Å². The Morgan fingerprint density at radius 3 is 1.34 bits per heavy atom. The lowest BCUT2D eigenvalue weighted by molar-refractivity contribution is 0.151. The second-order valence-corrected chi connectivity index (χ2v) is 8.04. The van der Waals surface area contributed by atoms with E-state index in [-0.39, 0.29) is 0 Å². The van der Waals surface area contributed by atoms with Crippen molar-refractivity contribution in [1.29, 1.82) is 0 Å². The summed E-state index contributed by atoms with van der Waals surface area (Å²) in [5.41, 5.74) is 1.30. The van der Waals surface area contributed by atoms with Crippen LogP contribution in [0.2, 0.25) is 0 Å². The maximum Gasteiger partial charge on any atom is 0.411 e. The van der Waals surface area contributed by atoms with E-state index in [2.05, 4.69) is 24.5 Å². The first-order valence-electron chi connectivity index (χ1n) is 12.4. The zero-order valence-electron chi connectivity index (χ0n) is 20.8. The molecule has 0 atom stereocenters. The Bertz CT molecular complexity index is 783. The molecule has 0 saturated heterocycles. The number of nitrogens with one attached hydrogen (secondary N) is 2. The number of amides is 2. The van der Waals surface area contributed by atoms with E-state index in [1.54, 1.807) is 24.3 Å². The molecule has 0 fully saturated rings. The molecule has 0 unspecified atom stereocenters. The Kier molecular flexibility index (Phi) is 13.6. The highest BCUT2D eigenvalue weighted by atomic mass is 16.6. The fourth-order valence-corrected chi connectivity index (χ4v) is 2.96. The van der Waals surface area contributed by atoms with Crippen molar-refractivity contribution in [3.8, 4) is 11.5 Å². The van der Waals surface area contributed by atoms with Gasteiger partial charge in [0.25, 0.3) is 0 Å². The first-order chi connectivity index (χ1) is 17.1. The molecule has 2 rings (SSSR count). The molecule has 0 heterocycles. The normalized spacial score (nSPS) is 10.3. The second kappa shape index (κ2) is 17.1. The van der Waals surface area contributed by atoms with Crippen molar-refractivity contribution in [3.63, 3.8) is 0 Å². The topological polar surface area (TPSA) is 95.1 Å². The third-order valence-electron chi connectivity index (χ3n) is 4.99. The SMILES string of the molecule is CCCCOc1ccc(NC(=O)OCCCCCOC(=O)Nc2ccc(OCCCC)cc2)cc1. The van der Waals surface area contributed by atoms with Crippen LogP contribution in [0.1, 0.15) is 58.8 Å². The lowest BCUT2D eigenvalue weighted by atomic mass is 10.2. The zero-order chi connectivity index (χ0) is 25.1. The minimum absolute atomic E-state index is 0.295. The molecule has 0 radical (unpaired) electrons. The fraction of sp³-hybridized carbons (Fsp3) is 0.481. The molecule has 0 aliphatic heterocycles. The molecule has 8 nitrogen and oxygen atoms in total. The molecule has 2 aromatic carbocycles. The van der Waals surface area contributed by atoms with E-state index < -0.39 is 12.2 Å². The predicted octanol–water partition coefficient (Wildman–Crippen LogP) is 7.01. The molecule has 2 N–H and O–H groups in total. The van der Waals surface area contributed by atoms with Gasteiger partial charge in [0.15, 0.2) is 0 Å². The third kappa shape index (κ3) is 12.6. The van der Waals surface area contributed by atoms with Gasteiger partial charge in [-0.25, -0.2) is 9.59 Å². The monoisotopic (exact) mass is 486 g/mol. The summed E-state index contributed by atoms with van der Waals surface area (Å²) in [5, 5.41) is 5.38. The van der Waals surface area contributed by atoms with Gasteiger partial charge in [0.2, 0.25) is 0 Å². The Labute approximate surface area is 208 Å². The minimum Gasteiger partial charge on any atom is -0.494 e. The van der Waals surface area contributed by atoms with E-state index >= 15 is 0 Å². The quantitative estimate of drug-likeness (QED) is 0.248. The highest BCUT2D eigenvalue weighted by Gasteiger charge is 2.05. The molecule has 2 aromatic rings. The Hall–Kier alpha value is -3.42. The predicted molar refractivity (Wildman–Crippen MR) is 137 cm³/mol.